The van der Waals surface area contributed by atoms with Crippen LogP contribution in [-0.4, -0.2) is 54.0 Å². The summed E-state index contributed by atoms with van der Waals surface area (Å²) in [7, 11) is 2.11. The molecule has 1 amide bonds. The molecular weight excluding hydrogens is 302 g/mol. The molecule has 0 spiro atoms. The molecule has 1 aromatic heterocycles. The van der Waals surface area contributed by atoms with Crippen LogP contribution in [0.15, 0.2) is 48.8 Å². The number of piperazine rings is 1. The summed E-state index contributed by atoms with van der Waals surface area (Å²) in [6, 6.07) is 9.69. The standard InChI is InChI=1S/C18H21N5O/c1-22-9-11-23(12-10-22)18-19-13-16(14-20-18)21-17(24)8-7-15-5-3-2-4-6-15/h2-8,13-14H,9-12H2,1H3,(H,21,24)/b8-7+. The van der Waals surface area contributed by atoms with Crippen molar-refractivity contribution in [3.63, 3.8) is 0 Å². The summed E-state index contributed by atoms with van der Waals surface area (Å²) in [5.74, 6) is 0.510. The van der Waals surface area contributed by atoms with E-state index in [9.17, 15) is 4.79 Å². The largest absolute Gasteiger partial charge is 0.338 e. The third-order valence-electron chi connectivity index (χ3n) is 3.92. The first kappa shape index (κ1) is 16.1. The maximum Gasteiger partial charge on any atom is 0.248 e. The first-order valence-electron chi connectivity index (χ1n) is 8.00. The SMILES string of the molecule is CN1CCN(c2ncc(NC(=O)/C=C/c3ccccc3)cn2)CC1. The van der Waals surface area contributed by atoms with E-state index in [1.165, 1.54) is 6.08 Å². The van der Waals surface area contributed by atoms with E-state index in [1.807, 2.05) is 30.3 Å². The second-order valence-corrected chi connectivity index (χ2v) is 5.80. The van der Waals surface area contributed by atoms with Crippen molar-refractivity contribution in [3.8, 4) is 0 Å². The average Bonchev–Trinajstić information content (AvgIpc) is 2.62. The number of amides is 1. The quantitative estimate of drug-likeness (QED) is 0.871. The van der Waals surface area contributed by atoms with Crippen LogP contribution in [0, 0.1) is 0 Å². The Hall–Kier alpha value is -2.73. The molecule has 1 aromatic carbocycles. The van der Waals surface area contributed by atoms with Crippen LogP contribution in [0.4, 0.5) is 11.6 Å². The van der Waals surface area contributed by atoms with Gasteiger partial charge < -0.3 is 15.1 Å². The lowest BCUT2D eigenvalue weighted by Crippen LogP contribution is -2.45. The van der Waals surface area contributed by atoms with Gasteiger partial charge in [-0.25, -0.2) is 9.97 Å². The van der Waals surface area contributed by atoms with Crippen LogP contribution in [-0.2, 0) is 4.79 Å². The maximum atomic E-state index is 11.9. The highest BCUT2D eigenvalue weighted by Gasteiger charge is 2.16. The second-order valence-electron chi connectivity index (χ2n) is 5.80. The van der Waals surface area contributed by atoms with Gasteiger partial charge in [-0.2, -0.15) is 0 Å². The van der Waals surface area contributed by atoms with Crippen molar-refractivity contribution in [3.05, 3.63) is 54.4 Å². The van der Waals surface area contributed by atoms with Crippen molar-refractivity contribution in [1.82, 2.24) is 14.9 Å². The van der Waals surface area contributed by atoms with Crippen molar-refractivity contribution in [2.45, 2.75) is 0 Å². The van der Waals surface area contributed by atoms with E-state index in [-0.39, 0.29) is 5.91 Å². The number of aromatic nitrogens is 2. The molecule has 0 bridgehead atoms. The van der Waals surface area contributed by atoms with Crippen molar-refractivity contribution < 1.29 is 4.79 Å². The topological polar surface area (TPSA) is 61.4 Å². The summed E-state index contributed by atoms with van der Waals surface area (Å²) in [6.07, 6.45) is 6.57. The van der Waals surface area contributed by atoms with Crippen LogP contribution in [0.1, 0.15) is 5.56 Å². The molecule has 24 heavy (non-hydrogen) atoms. The Bertz CT molecular complexity index is 691. The summed E-state index contributed by atoms with van der Waals surface area (Å²) in [5, 5.41) is 2.77. The zero-order valence-corrected chi connectivity index (χ0v) is 13.7. The fraction of sp³-hybridized carbons (Fsp3) is 0.278. The highest BCUT2D eigenvalue weighted by atomic mass is 16.1. The molecule has 0 aliphatic carbocycles. The third kappa shape index (κ3) is 4.39. The summed E-state index contributed by atoms with van der Waals surface area (Å²) in [6.45, 7) is 3.85. The number of rotatable bonds is 4. The maximum absolute atomic E-state index is 11.9. The number of carbonyl (C=O) groups is 1. The van der Waals surface area contributed by atoms with Crippen LogP contribution in [0.3, 0.4) is 0 Å². The molecule has 0 radical (unpaired) electrons. The van der Waals surface area contributed by atoms with Crippen LogP contribution >= 0.6 is 0 Å². The van der Waals surface area contributed by atoms with Gasteiger partial charge in [0.25, 0.3) is 0 Å². The zero-order valence-electron chi connectivity index (χ0n) is 13.7. The van der Waals surface area contributed by atoms with E-state index in [0.717, 1.165) is 31.7 Å². The van der Waals surface area contributed by atoms with Gasteiger partial charge in [0, 0.05) is 32.3 Å². The summed E-state index contributed by atoms with van der Waals surface area (Å²) in [5.41, 5.74) is 1.57. The van der Waals surface area contributed by atoms with Crippen molar-refractivity contribution in [2.75, 3.05) is 43.4 Å². The fourth-order valence-electron chi connectivity index (χ4n) is 2.48. The minimum atomic E-state index is -0.199. The van der Waals surface area contributed by atoms with Crippen molar-refractivity contribution >= 4 is 23.6 Å². The Morgan fingerprint density at radius 3 is 2.42 bits per heavy atom. The van der Waals surface area contributed by atoms with E-state index in [0.29, 0.717) is 11.6 Å². The van der Waals surface area contributed by atoms with Gasteiger partial charge >= 0.3 is 0 Å². The lowest BCUT2D eigenvalue weighted by Gasteiger charge is -2.32. The molecule has 0 atom stereocenters. The number of hydrogen-bond donors (Lipinski definition) is 1. The molecule has 2 aromatic rings. The number of carbonyl (C=O) groups excluding carboxylic acids is 1. The minimum Gasteiger partial charge on any atom is -0.338 e. The fourth-order valence-corrected chi connectivity index (χ4v) is 2.48. The highest BCUT2D eigenvalue weighted by Crippen LogP contribution is 2.12. The number of benzene rings is 1. The average molecular weight is 323 g/mol. The molecule has 1 N–H and O–H groups in total. The molecule has 2 heterocycles. The Morgan fingerprint density at radius 1 is 1.08 bits per heavy atom. The van der Waals surface area contributed by atoms with Gasteiger partial charge in [-0.05, 0) is 18.7 Å². The van der Waals surface area contributed by atoms with Crippen LogP contribution in [0.5, 0.6) is 0 Å². The number of nitrogens with one attached hydrogen (secondary N) is 1. The predicted molar refractivity (Wildman–Crippen MR) is 95.8 cm³/mol. The molecule has 3 rings (SSSR count). The monoisotopic (exact) mass is 323 g/mol. The Labute approximate surface area is 141 Å². The van der Waals surface area contributed by atoms with Gasteiger partial charge in [0.15, 0.2) is 0 Å². The molecule has 124 valence electrons. The van der Waals surface area contributed by atoms with E-state index in [4.69, 9.17) is 0 Å². The second kappa shape index (κ2) is 7.70. The number of anilines is 2. The number of likely N-dealkylation sites (N-methyl/N-ethyl adjacent to an activating group) is 1. The normalized spacial score (nSPS) is 15.6. The summed E-state index contributed by atoms with van der Waals surface area (Å²) < 4.78 is 0. The van der Waals surface area contributed by atoms with Gasteiger partial charge in [0.2, 0.25) is 11.9 Å². The Kier molecular flexibility index (Phi) is 5.18. The first-order chi connectivity index (χ1) is 11.7. The molecule has 0 saturated carbocycles. The number of hydrogen-bond acceptors (Lipinski definition) is 5. The molecule has 1 fully saturated rings. The molecule has 6 nitrogen and oxygen atoms in total. The smallest absolute Gasteiger partial charge is 0.248 e. The van der Waals surface area contributed by atoms with Gasteiger partial charge in [0.05, 0.1) is 18.1 Å². The predicted octanol–water partition coefficient (Wildman–Crippen LogP) is 1.88. The van der Waals surface area contributed by atoms with E-state index in [2.05, 4.69) is 32.1 Å². The Balaban J connectivity index is 1.56. The molecule has 0 unspecified atom stereocenters. The van der Waals surface area contributed by atoms with Gasteiger partial charge in [-0.1, -0.05) is 30.3 Å². The minimum absolute atomic E-state index is 0.199. The third-order valence-corrected chi connectivity index (χ3v) is 3.92. The highest BCUT2D eigenvalue weighted by molar-refractivity contribution is 6.01. The molecule has 6 heteroatoms. The molecule has 1 saturated heterocycles. The van der Waals surface area contributed by atoms with Gasteiger partial charge in [-0.15, -0.1) is 0 Å². The van der Waals surface area contributed by atoms with E-state index >= 15 is 0 Å². The molecule has 1 aliphatic heterocycles. The lowest BCUT2D eigenvalue weighted by atomic mass is 10.2. The van der Waals surface area contributed by atoms with E-state index < -0.39 is 0 Å². The lowest BCUT2D eigenvalue weighted by molar-refractivity contribution is -0.111. The molecule has 1 aliphatic rings. The van der Waals surface area contributed by atoms with Crippen LogP contribution < -0.4 is 10.2 Å². The summed E-state index contributed by atoms with van der Waals surface area (Å²) in [4.78, 5) is 25.1. The van der Waals surface area contributed by atoms with Crippen LogP contribution in [0.2, 0.25) is 0 Å². The van der Waals surface area contributed by atoms with E-state index in [1.54, 1.807) is 18.5 Å². The van der Waals surface area contributed by atoms with Crippen molar-refractivity contribution in [1.29, 1.82) is 0 Å². The Morgan fingerprint density at radius 2 is 1.75 bits per heavy atom. The van der Waals surface area contributed by atoms with Gasteiger partial charge in [-0.3, -0.25) is 4.79 Å². The van der Waals surface area contributed by atoms with Gasteiger partial charge in [0.1, 0.15) is 0 Å². The first-order valence-corrected chi connectivity index (χ1v) is 8.00. The number of nitrogens with zero attached hydrogens (tertiary/aromatic N) is 4. The van der Waals surface area contributed by atoms with Crippen molar-refractivity contribution in [2.24, 2.45) is 0 Å². The zero-order chi connectivity index (χ0) is 16.8. The summed E-state index contributed by atoms with van der Waals surface area (Å²) >= 11 is 0. The molecular formula is C18H21N5O. The van der Waals surface area contributed by atoms with Crippen LogP contribution in [0.25, 0.3) is 6.08 Å².